The number of carbonyl (C=O) groups excluding carboxylic acids is 1. The molecule has 0 radical (unpaired) electrons. The lowest BCUT2D eigenvalue weighted by atomic mass is 10.1. The van der Waals surface area contributed by atoms with Gasteiger partial charge in [0.05, 0.1) is 5.69 Å². The molecule has 1 aromatic heterocycles. The number of nitrogens with zero attached hydrogens (tertiary/aromatic N) is 1. The Bertz CT molecular complexity index is 844. The number of hydrogen-bond donors (Lipinski definition) is 1. The minimum Gasteiger partial charge on any atom is -0.302 e. The molecule has 1 N–H and O–H groups in total. The van der Waals surface area contributed by atoms with Crippen LogP contribution in [-0.4, -0.2) is 10.9 Å². The Balaban J connectivity index is 1.68. The molecular formula is C20H19BrN2OS. The zero-order chi connectivity index (χ0) is 17.6. The van der Waals surface area contributed by atoms with Gasteiger partial charge >= 0.3 is 0 Å². The molecule has 2 aromatic carbocycles. The van der Waals surface area contributed by atoms with E-state index >= 15 is 0 Å². The van der Waals surface area contributed by atoms with Crippen LogP contribution < -0.4 is 5.32 Å². The summed E-state index contributed by atoms with van der Waals surface area (Å²) in [7, 11) is 0. The first-order valence-corrected chi connectivity index (χ1v) is 9.86. The number of nitrogens with one attached hydrogen (secondary N) is 1. The number of thiazole rings is 1. The Labute approximate surface area is 160 Å². The van der Waals surface area contributed by atoms with Crippen molar-refractivity contribution in [2.45, 2.75) is 26.2 Å². The first kappa shape index (κ1) is 17.8. The largest absolute Gasteiger partial charge is 0.302 e. The normalized spacial score (nSPS) is 10.6. The fraction of sp³-hybridized carbons (Fsp3) is 0.200. The second-order valence-corrected chi connectivity index (χ2v) is 7.68. The molecule has 1 heterocycles. The zero-order valence-electron chi connectivity index (χ0n) is 14.0. The van der Waals surface area contributed by atoms with Crippen molar-refractivity contribution < 1.29 is 4.79 Å². The van der Waals surface area contributed by atoms with E-state index in [1.807, 2.05) is 54.6 Å². The van der Waals surface area contributed by atoms with E-state index in [1.54, 1.807) is 11.3 Å². The maximum absolute atomic E-state index is 12.2. The molecule has 3 nitrogen and oxygen atoms in total. The summed E-state index contributed by atoms with van der Waals surface area (Å²) in [4.78, 5) is 18.1. The topological polar surface area (TPSA) is 42.0 Å². The van der Waals surface area contributed by atoms with Gasteiger partial charge in [0, 0.05) is 21.3 Å². The highest BCUT2D eigenvalue weighted by molar-refractivity contribution is 9.10. The maximum Gasteiger partial charge on any atom is 0.226 e. The zero-order valence-corrected chi connectivity index (χ0v) is 16.4. The van der Waals surface area contributed by atoms with Crippen molar-refractivity contribution in [2.75, 3.05) is 5.32 Å². The van der Waals surface area contributed by atoms with E-state index in [4.69, 9.17) is 0 Å². The number of halogens is 1. The minimum atomic E-state index is 0.00242. The van der Waals surface area contributed by atoms with Crippen molar-refractivity contribution in [3.05, 3.63) is 69.5 Å². The van der Waals surface area contributed by atoms with Crippen LogP contribution in [0.1, 0.15) is 23.8 Å². The van der Waals surface area contributed by atoms with Crippen molar-refractivity contribution in [3.63, 3.8) is 0 Å². The van der Waals surface area contributed by atoms with Gasteiger partial charge in [-0.15, -0.1) is 11.3 Å². The van der Waals surface area contributed by atoms with E-state index in [0.29, 0.717) is 11.6 Å². The van der Waals surface area contributed by atoms with Gasteiger partial charge in [-0.3, -0.25) is 4.79 Å². The van der Waals surface area contributed by atoms with Crippen molar-refractivity contribution in [2.24, 2.45) is 0 Å². The third-order valence-corrected chi connectivity index (χ3v) is 5.51. The highest BCUT2D eigenvalue weighted by atomic mass is 79.9. The first-order valence-electron chi connectivity index (χ1n) is 8.25. The van der Waals surface area contributed by atoms with Crippen molar-refractivity contribution >= 4 is 38.3 Å². The molecule has 0 saturated carbocycles. The average molecular weight is 415 g/mol. The summed E-state index contributed by atoms with van der Waals surface area (Å²) >= 11 is 5.01. The highest BCUT2D eigenvalue weighted by Crippen LogP contribution is 2.32. The Morgan fingerprint density at radius 2 is 1.84 bits per heavy atom. The van der Waals surface area contributed by atoms with Crippen LogP contribution in [0, 0.1) is 0 Å². The number of aryl methyl sites for hydroxylation is 2. The van der Waals surface area contributed by atoms with Crippen LogP contribution in [0.3, 0.4) is 0 Å². The average Bonchev–Trinajstić information content (AvgIpc) is 3.04. The predicted molar refractivity (Wildman–Crippen MR) is 108 cm³/mol. The van der Waals surface area contributed by atoms with Crippen molar-refractivity contribution in [1.82, 2.24) is 4.98 Å². The highest BCUT2D eigenvalue weighted by Gasteiger charge is 2.13. The van der Waals surface area contributed by atoms with Gasteiger partial charge in [0.1, 0.15) is 0 Å². The third-order valence-electron chi connectivity index (χ3n) is 3.87. The van der Waals surface area contributed by atoms with Gasteiger partial charge in [-0.05, 0) is 30.5 Å². The van der Waals surface area contributed by atoms with Gasteiger partial charge in [-0.25, -0.2) is 4.98 Å². The summed E-state index contributed by atoms with van der Waals surface area (Å²) in [5.74, 6) is 0.00242. The summed E-state index contributed by atoms with van der Waals surface area (Å²) in [5.41, 5.74) is 3.20. The lowest BCUT2D eigenvalue weighted by Crippen LogP contribution is -2.12. The molecule has 128 valence electrons. The molecule has 0 aliphatic rings. The van der Waals surface area contributed by atoms with Gasteiger partial charge < -0.3 is 5.32 Å². The minimum absolute atomic E-state index is 0.00242. The molecule has 5 heteroatoms. The molecule has 0 bridgehead atoms. The Hall–Kier alpha value is -1.98. The molecule has 25 heavy (non-hydrogen) atoms. The number of carbonyl (C=O) groups is 1. The molecule has 3 aromatic rings. The van der Waals surface area contributed by atoms with Crippen LogP contribution in [0.25, 0.3) is 11.3 Å². The van der Waals surface area contributed by atoms with Crippen LogP contribution in [0.4, 0.5) is 5.13 Å². The number of amides is 1. The van der Waals surface area contributed by atoms with Gasteiger partial charge in [0.25, 0.3) is 0 Å². The number of aromatic nitrogens is 1. The Kier molecular flexibility index (Phi) is 6.00. The first-order chi connectivity index (χ1) is 12.2. The second-order valence-electron chi connectivity index (χ2n) is 5.69. The maximum atomic E-state index is 12.2. The quantitative estimate of drug-likeness (QED) is 0.561. The van der Waals surface area contributed by atoms with E-state index in [9.17, 15) is 4.79 Å². The SMILES string of the molecule is CCc1sc(NC(=O)CCc2ccccc2)nc1-c1ccc(Br)cc1. The lowest BCUT2D eigenvalue weighted by Gasteiger charge is -2.02. The van der Waals surface area contributed by atoms with Crippen LogP contribution in [0.2, 0.25) is 0 Å². The number of anilines is 1. The molecule has 1 amide bonds. The standard InChI is InChI=1S/C20H19BrN2OS/c1-2-17-19(15-9-11-16(21)12-10-15)23-20(25-17)22-18(24)13-8-14-6-4-3-5-7-14/h3-7,9-12H,2,8,13H2,1H3,(H,22,23,24). The molecule has 0 unspecified atom stereocenters. The van der Waals surface area contributed by atoms with E-state index in [1.165, 1.54) is 10.4 Å². The third kappa shape index (κ3) is 4.77. The summed E-state index contributed by atoms with van der Waals surface area (Å²) in [6.07, 6.45) is 2.08. The van der Waals surface area contributed by atoms with E-state index < -0.39 is 0 Å². The van der Waals surface area contributed by atoms with E-state index in [-0.39, 0.29) is 5.91 Å². The predicted octanol–water partition coefficient (Wildman–Crippen LogP) is 5.71. The van der Waals surface area contributed by atoms with Crippen molar-refractivity contribution in [1.29, 1.82) is 0 Å². The van der Waals surface area contributed by atoms with Crippen LogP contribution >= 0.6 is 27.3 Å². The Morgan fingerprint density at radius 1 is 1.12 bits per heavy atom. The lowest BCUT2D eigenvalue weighted by molar-refractivity contribution is -0.116. The monoisotopic (exact) mass is 414 g/mol. The van der Waals surface area contributed by atoms with Crippen LogP contribution in [-0.2, 0) is 17.6 Å². The summed E-state index contributed by atoms with van der Waals surface area (Å²) in [6, 6.07) is 18.1. The fourth-order valence-corrected chi connectivity index (χ4v) is 3.77. The molecule has 0 spiro atoms. The molecule has 0 fully saturated rings. The summed E-state index contributed by atoms with van der Waals surface area (Å²) in [5, 5.41) is 3.62. The second kappa shape index (κ2) is 8.41. The summed E-state index contributed by atoms with van der Waals surface area (Å²) < 4.78 is 1.04. The number of benzene rings is 2. The molecule has 0 aliphatic heterocycles. The van der Waals surface area contributed by atoms with Crippen LogP contribution in [0.5, 0.6) is 0 Å². The molecule has 0 saturated heterocycles. The molecule has 0 aliphatic carbocycles. The smallest absolute Gasteiger partial charge is 0.226 e. The van der Waals surface area contributed by atoms with Gasteiger partial charge in [0.2, 0.25) is 5.91 Å². The Morgan fingerprint density at radius 3 is 2.52 bits per heavy atom. The molecule has 0 atom stereocenters. The van der Waals surface area contributed by atoms with Gasteiger partial charge in [0.15, 0.2) is 5.13 Å². The molecular weight excluding hydrogens is 396 g/mol. The number of hydrogen-bond acceptors (Lipinski definition) is 3. The molecule has 3 rings (SSSR count). The number of rotatable bonds is 6. The fourth-order valence-electron chi connectivity index (χ4n) is 2.56. The van der Waals surface area contributed by atoms with E-state index in [2.05, 4.69) is 33.2 Å². The van der Waals surface area contributed by atoms with E-state index in [0.717, 1.165) is 28.6 Å². The van der Waals surface area contributed by atoms with Crippen molar-refractivity contribution in [3.8, 4) is 11.3 Å². The summed E-state index contributed by atoms with van der Waals surface area (Å²) in [6.45, 7) is 2.11. The van der Waals surface area contributed by atoms with Gasteiger partial charge in [-0.1, -0.05) is 65.3 Å². The van der Waals surface area contributed by atoms with Crippen LogP contribution in [0.15, 0.2) is 59.1 Å². The van der Waals surface area contributed by atoms with Gasteiger partial charge in [-0.2, -0.15) is 0 Å².